The fraction of sp³-hybridized carbons (Fsp3) is 0.273. The molecule has 8 heteroatoms. The van der Waals surface area contributed by atoms with E-state index in [1.54, 1.807) is 30.6 Å². The quantitative estimate of drug-likeness (QED) is 0.651. The van der Waals surface area contributed by atoms with Crippen LogP contribution in [0.15, 0.2) is 54.9 Å². The molecule has 1 N–H and O–H groups in total. The number of benzene rings is 2. The molecule has 4 rings (SSSR count). The Balaban J connectivity index is 1.35. The van der Waals surface area contributed by atoms with Gasteiger partial charge in [-0.1, -0.05) is 0 Å². The van der Waals surface area contributed by atoms with Gasteiger partial charge in [0.25, 0.3) is 5.91 Å². The number of morpholine rings is 1. The highest BCUT2D eigenvalue weighted by atomic mass is 16.5. The van der Waals surface area contributed by atoms with Crippen molar-refractivity contribution in [3.05, 3.63) is 60.4 Å². The average molecular weight is 406 g/mol. The topological polar surface area (TPSA) is 93.7 Å². The molecule has 0 spiro atoms. The van der Waals surface area contributed by atoms with Gasteiger partial charge in [0.05, 0.1) is 29.8 Å². The summed E-state index contributed by atoms with van der Waals surface area (Å²) in [5.41, 5.74) is 3.30. The van der Waals surface area contributed by atoms with Crippen LogP contribution in [0.2, 0.25) is 0 Å². The summed E-state index contributed by atoms with van der Waals surface area (Å²) in [6.07, 6.45) is 2.19. The Morgan fingerprint density at radius 1 is 1.03 bits per heavy atom. The number of hydrogen-bond acceptors (Lipinski definition) is 7. The maximum atomic E-state index is 12.4. The van der Waals surface area contributed by atoms with Gasteiger partial charge in [-0.05, 0) is 49.4 Å². The SMILES string of the molecule is C[C@H](OC(=O)c1ccc2nccnc2c1)C(=O)Nc1ccc(N2CCOCC2)cc1. The fourth-order valence-electron chi connectivity index (χ4n) is 3.19. The lowest BCUT2D eigenvalue weighted by atomic mass is 10.2. The summed E-state index contributed by atoms with van der Waals surface area (Å²) in [5, 5.41) is 2.78. The van der Waals surface area contributed by atoms with E-state index in [4.69, 9.17) is 9.47 Å². The minimum absolute atomic E-state index is 0.317. The zero-order valence-electron chi connectivity index (χ0n) is 16.6. The second-order valence-electron chi connectivity index (χ2n) is 6.94. The summed E-state index contributed by atoms with van der Waals surface area (Å²) in [5.74, 6) is -0.990. The van der Waals surface area contributed by atoms with Gasteiger partial charge >= 0.3 is 5.97 Å². The highest BCUT2D eigenvalue weighted by molar-refractivity contribution is 5.98. The third-order valence-electron chi connectivity index (χ3n) is 4.87. The van der Waals surface area contributed by atoms with Crippen LogP contribution in [0.25, 0.3) is 11.0 Å². The first-order chi connectivity index (χ1) is 14.6. The van der Waals surface area contributed by atoms with Crippen molar-refractivity contribution >= 4 is 34.3 Å². The van der Waals surface area contributed by atoms with E-state index in [9.17, 15) is 9.59 Å². The van der Waals surface area contributed by atoms with Gasteiger partial charge in [-0.15, -0.1) is 0 Å². The van der Waals surface area contributed by atoms with Crippen LogP contribution in [0.5, 0.6) is 0 Å². The molecule has 0 unspecified atom stereocenters. The predicted molar refractivity (Wildman–Crippen MR) is 113 cm³/mol. The van der Waals surface area contributed by atoms with Gasteiger partial charge < -0.3 is 19.7 Å². The molecular formula is C22H22N4O4. The number of fused-ring (bicyclic) bond motifs is 1. The van der Waals surface area contributed by atoms with Crippen LogP contribution in [0.4, 0.5) is 11.4 Å². The van der Waals surface area contributed by atoms with Crippen molar-refractivity contribution in [1.82, 2.24) is 9.97 Å². The third kappa shape index (κ3) is 4.55. The number of nitrogens with zero attached hydrogens (tertiary/aromatic N) is 3. The summed E-state index contributed by atoms with van der Waals surface area (Å²) in [6, 6.07) is 12.5. The van der Waals surface area contributed by atoms with Gasteiger partial charge in [-0.2, -0.15) is 0 Å². The largest absolute Gasteiger partial charge is 0.449 e. The first-order valence-electron chi connectivity index (χ1n) is 9.75. The molecule has 1 fully saturated rings. The summed E-state index contributed by atoms with van der Waals surface area (Å²) < 4.78 is 10.7. The number of aromatic nitrogens is 2. The lowest BCUT2D eigenvalue weighted by Gasteiger charge is -2.28. The molecular weight excluding hydrogens is 384 g/mol. The first kappa shape index (κ1) is 19.8. The van der Waals surface area contributed by atoms with Crippen molar-refractivity contribution in [2.24, 2.45) is 0 Å². The second kappa shape index (κ2) is 8.87. The summed E-state index contributed by atoms with van der Waals surface area (Å²) in [6.45, 7) is 4.66. The van der Waals surface area contributed by atoms with Crippen LogP contribution in [-0.4, -0.2) is 54.3 Å². The van der Waals surface area contributed by atoms with Crippen LogP contribution in [0.3, 0.4) is 0 Å². The molecule has 8 nitrogen and oxygen atoms in total. The van der Waals surface area contributed by atoms with E-state index < -0.39 is 18.0 Å². The highest BCUT2D eigenvalue weighted by Crippen LogP contribution is 2.19. The summed E-state index contributed by atoms with van der Waals surface area (Å²) in [7, 11) is 0. The molecule has 1 saturated heterocycles. The van der Waals surface area contributed by atoms with Crippen LogP contribution in [0, 0.1) is 0 Å². The Labute approximate surface area is 173 Å². The van der Waals surface area contributed by atoms with E-state index >= 15 is 0 Å². The molecule has 154 valence electrons. The second-order valence-corrected chi connectivity index (χ2v) is 6.94. The number of ether oxygens (including phenoxy) is 2. The van der Waals surface area contributed by atoms with Crippen molar-refractivity contribution in [3.8, 4) is 0 Å². The molecule has 1 amide bonds. The normalized spacial score (nSPS) is 14.9. The highest BCUT2D eigenvalue weighted by Gasteiger charge is 2.20. The van der Waals surface area contributed by atoms with Gasteiger partial charge in [0.15, 0.2) is 6.10 Å². The Morgan fingerprint density at radius 2 is 1.73 bits per heavy atom. The zero-order valence-corrected chi connectivity index (χ0v) is 16.6. The predicted octanol–water partition coefficient (Wildman–Crippen LogP) is 2.65. The minimum Gasteiger partial charge on any atom is -0.449 e. The number of amides is 1. The average Bonchev–Trinajstić information content (AvgIpc) is 2.79. The third-order valence-corrected chi connectivity index (χ3v) is 4.87. The van der Waals surface area contributed by atoms with Crippen LogP contribution >= 0.6 is 0 Å². The van der Waals surface area contributed by atoms with Crippen molar-refractivity contribution in [2.45, 2.75) is 13.0 Å². The number of nitrogens with one attached hydrogen (secondary N) is 1. The van der Waals surface area contributed by atoms with E-state index in [2.05, 4.69) is 20.2 Å². The number of carbonyl (C=O) groups is 2. The maximum Gasteiger partial charge on any atom is 0.338 e. The molecule has 2 aromatic carbocycles. The van der Waals surface area contributed by atoms with Gasteiger partial charge in [0.2, 0.25) is 0 Å². The maximum absolute atomic E-state index is 12.4. The van der Waals surface area contributed by atoms with Crippen molar-refractivity contribution in [2.75, 3.05) is 36.5 Å². The summed E-state index contributed by atoms with van der Waals surface area (Å²) in [4.78, 5) is 35.4. The molecule has 0 aliphatic carbocycles. The molecule has 0 radical (unpaired) electrons. The van der Waals surface area contributed by atoms with E-state index in [-0.39, 0.29) is 0 Å². The van der Waals surface area contributed by atoms with Crippen LogP contribution in [0.1, 0.15) is 17.3 Å². The lowest BCUT2D eigenvalue weighted by molar-refractivity contribution is -0.123. The number of anilines is 2. The molecule has 1 aliphatic heterocycles. The van der Waals surface area contributed by atoms with Crippen LogP contribution in [-0.2, 0) is 14.3 Å². The Bertz CT molecular complexity index is 1050. The first-order valence-corrected chi connectivity index (χ1v) is 9.75. The van der Waals surface area contributed by atoms with Gasteiger partial charge in [-0.3, -0.25) is 14.8 Å². The fourth-order valence-corrected chi connectivity index (χ4v) is 3.19. The Morgan fingerprint density at radius 3 is 2.47 bits per heavy atom. The number of rotatable bonds is 5. The van der Waals surface area contributed by atoms with Crippen molar-refractivity contribution < 1.29 is 19.1 Å². The monoisotopic (exact) mass is 406 g/mol. The number of carbonyl (C=O) groups excluding carboxylic acids is 2. The lowest BCUT2D eigenvalue weighted by Crippen LogP contribution is -2.36. The zero-order chi connectivity index (χ0) is 20.9. The van der Waals surface area contributed by atoms with E-state index in [1.165, 1.54) is 6.92 Å². The van der Waals surface area contributed by atoms with Gasteiger partial charge in [0, 0.05) is 36.9 Å². The molecule has 30 heavy (non-hydrogen) atoms. The molecule has 1 aliphatic rings. The van der Waals surface area contributed by atoms with E-state index in [0.717, 1.165) is 18.8 Å². The molecule has 1 aromatic heterocycles. The minimum atomic E-state index is -0.950. The van der Waals surface area contributed by atoms with Gasteiger partial charge in [-0.25, -0.2) is 4.79 Å². The van der Waals surface area contributed by atoms with Crippen molar-refractivity contribution in [3.63, 3.8) is 0 Å². The molecule has 1 atom stereocenters. The standard InChI is InChI=1S/C22H22N4O4/c1-15(30-22(28)16-2-7-19-20(14-16)24-9-8-23-19)21(27)25-17-3-5-18(6-4-17)26-10-12-29-13-11-26/h2-9,14-15H,10-13H2,1H3,(H,25,27)/t15-/m0/s1. The molecule has 3 aromatic rings. The molecule has 2 heterocycles. The Kier molecular flexibility index (Phi) is 5.85. The molecule has 0 bridgehead atoms. The van der Waals surface area contributed by atoms with Crippen LogP contribution < -0.4 is 10.2 Å². The van der Waals surface area contributed by atoms with E-state index in [0.29, 0.717) is 35.5 Å². The Hall–Kier alpha value is -3.52. The van der Waals surface area contributed by atoms with E-state index in [1.807, 2.05) is 24.3 Å². The van der Waals surface area contributed by atoms with Gasteiger partial charge in [0.1, 0.15) is 0 Å². The van der Waals surface area contributed by atoms with Crippen molar-refractivity contribution in [1.29, 1.82) is 0 Å². The molecule has 0 saturated carbocycles. The number of hydrogen-bond donors (Lipinski definition) is 1. The number of esters is 1. The smallest absolute Gasteiger partial charge is 0.338 e. The summed E-state index contributed by atoms with van der Waals surface area (Å²) >= 11 is 0.